The highest BCUT2D eigenvalue weighted by molar-refractivity contribution is 6.30. The number of rotatable bonds is 1. The minimum Gasteiger partial charge on any atom is -0.348 e. The lowest BCUT2D eigenvalue weighted by molar-refractivity contribution is -0.226. The maximum Gasteiger partial charge on any atom is 0.183 e. The highest BCUT2D eigenvalue weighted by Crippen LogP contribution is 2.31. The van der Waals surface area contributed by atoms with Gasteiger partial charge in [0, 0.05) is 16.0 Å². The SMILES string of the molecule is CC1(C)COC(c2ccc(Cl)cc2)OC1. The first-order chi connectivity index (χ1) is 7.07. The van der Waals surface area contributed by atoms with Crippen LogP contribution in [0.2, 0.25) is 5.02 Å². The Morgan fingerprint density at radius 1 is 1.13 bits per heavy atom. The molecule has 0 spiro atoms. The monoisotopic (exact) mass is 226 g/mol. The Hall–Kier alpha value is -0.570. The van der Waals surface area contributed by atoms with Crippen LogP contribution in [0.15, 0.2) is 24.3 Å². The molecular formula is C12H15ClO2. The number of ether oxygens (including phenoxy) is 2. The lowest BCUT2D eigenvalue weighted by Gasteiger charge is -2.34. The third-order valence-corrected chi connectivity index (χ3v) is 2.65. The van der Waals surface area contributed by atoms with E-state index in [0.717, 1.165) is 23.8 Å². The summed E-state index contributed by atoms with van der Waals surface area (Å²) in [6.07, 6.45) is -0.240. The summed E-state index contributed by atoms with van der Waals surface area (Å²) < 4.78 is 11.3. The van der Waals surface area contributed by atoms with Crippen LogP contribution in [0.1, 0.15) is 25.7 Å². The predicted molar refractivity (Wildman–Crippen MR) is 59.9 cm³/mol. The van der Waals surface area contributed by atoms with E-state index in [1.807, 2.05) is 24.3 Å². The number of hydrogen-bond donors (Lipinski definition) is 0. The van der Waals surface area contributed by atoms with Gasteiger partial charge >= 0.3 is 0 Å². The lowest BCUT2D eigenvalue weighted by Crippen LogP contribution is -2.33. The first-order valence-corrected chi connectivity index (χ1v) is 5.43. The van der Waals surface area contributed by atoms with Gasteiger partial charge in [-0.1, -0.05) is 37.6 Å². The molecule has 0 unspecified atom stereocenters. The third-order valence-electron chi connectivity index (χ3n) is 2.39. The molecule has 1 aliphatic heterocycles. The molecule has 1 saturated heterocycles. The first-order valence-electron chi connectivity index (χ1n) is 5.05. The zero-order chi connectivity index (χ0) is 10.9. The van der Waals surface area contributed by atoms with Crippen LogP contribution in [-0.2, 0) is 9.47 Å². The molecule has 82 valence electrons. The molecule has 2 nitrogen and oxygen atoms in total. The molecule has 0 aromatic heterocycles. The zero-order valence-corrected chi connectivity index (χ0v) is 9.75. The average molecular weight is 227 g/mol. The van der Waals surface area contributed by atoms with Crippen molar-refractivity contribution in [1.29, 1.82) is 0 Å². The maximum atomic E-state index is 5.81. The van der Waals surface area contributed by atoms with Crippen LogP contribution < -0.4 is 0 Å². The summed E-state index contributed by atoms with van der Waals surface area (Å²) in [4.78, 5) is 0. The van der Waals surface area contributed by atoms with E-state index in [9.17, 15) is 0 Å². The summed E-state index contributed by atoms with van der Waals surface area (Å²) >= 11 is 5.81. The van der Waals surface area contributed by atoms with Gasteiger partial charge < -0.3 is 9.47 Å². The average Bonchev–Trinajstić information content (AvgIpc) is 2.20. The Bertz CT molecular complexity index is 322. The normalized spacial score (nSPS) is 21.5. The molecule has 0 bridgehead atoms. The smallest absolute Gasteiger partial charge is 0.183 e. The molecule has 0 atom stereocenters. The van der Waals surface area contributed by atoms with Gasteiger partial charge in [-0.05, 0) is 12.1 Å². The van der Waals surface area contributed by atoms with Crippen molar-refractivity contribution >= 4 is 11.6 Å². The van der Waals surface area contributed by atoms with Crippen molar-refractivity contribution in [3.8, 4) is 0 Å². The molecular weight excluding hydrogens is 212 g/mol. The molecule has 0 amide bonds. The highest BCUT2D eigenvalue weighted by Gasteiger charge is 2.28. The molecule has 1 aliphatic rings. The van der Waals surface area contributed by atoms with Crippen LogP contribution in [0, 0.1) is 5.41 Å². The van der Waals surface area contributed by atoms with Gasteiger partial charge in [0.2, 0.25) is 0 Å². The molecule has 1 fully saturated rings. The summed E-state index contributed by atoms with van der Waals surface area (Å²) in [5, 5.41) is 0.731. The van der Waals surface area contributed by atoms with Crippen molar-refractivity contribution in [1.82, 2.24) is 0 Å². The number of benzene rings is 1. The lowest BCUT2D eigenvalue weighted by atomic mass is 9.95. The van der Waals surface area contributed by atoms with Gasteiger partial charge in [-0.3, -0.25) is 0 Å². The Labute approximate surface area is 95.1 Å². The van der Waals surface area contributed by atoms with Crippen LogP contribution in [0.3, 0.4) is 0 Å². The highest BCUT2D eigenvalue weighted by atomic mass is 35.5. The maximum absolute atomic E-state index is 5.81. The fourth-order valence-corrected chi connectivity index (χ4v) is 1.63. The molecule has 0 radical (unpaired) electrons. The second-order valence-corrected chi connectivity index (χ2v) is 5.11. The summed E-state index contributed by atoms with van der Waals surface area (Å²) in [6.45, 7) is 5.71. The van der Waals surface area contributed by atoms with E-state index < -0.39 is 0 Å². The van der Waals surface area contributed by atoms with E-state index in [2.05, 4.69) is 13.8 Å². The zero-order valence-electron chi connectivity index (χ0n) is 9.00. The standard InChI is InChI=1S/C12H15ClO2/c1-12(2)7-14-11(15-8-12)9-3-5-10(13)6-4-9/h3-6,11H,7-8H2,1-2H3. The van der Waals surface area contributed by atoms with Gasteiger partial charge in [-0.25, -0.2) is 0 Å². The fourth-order valence-electron chi connectivity index (χ4n) is 1.50. The Morgan fingerprint density at radius 3 is 2.20 bits per heavy atom. The van der Waals surface area contributed by atoms with Gasteiger partial charge in [0.05, 0.1) is 13.2 Å². The Kier molecular flexibility index (Phi) is 3.01. The van der Waals surface area contributed by atoms with E-state index in [-0.39, 0.29) is 11.7 Å². The van der Waals surface area contributed by atoms with Crippen LogP contribution in [0.4, 0.5) is 0 Å². The van der Waals surface area contributed by atoms with E-state index in [4.69, 9.17) is 21.1 Å². The molecule has 1 heterocycles. The first kappa shape index (κ1) is 10.9. The van der Waals surface area contributed by atoms with Gasteiger partial charge in [-0.2, -0.15) is 0 Å². The summed E-state index contributed by atoms with van der Waals surface area (Å²) in [6, 6.07) is 7.57. The van der Waals surface area contributed by atoms with Crippen LogP contribution in [0.5, 0.6) is 0 Å². The number of halogens is 1. The largest absolute Gasteiger partial charge is 0.348 e. The molecule has 0 N–H and O–H groups in total. The van der Waals surface area contributed by atoms with Gasteiger partial charge in [0.25, 0.3) is 0 Å². The van der Waals surface area contributed by atoms with Gasteiger partial charge in [0.15, 0.2) is 6.29 Å². The molecule has 1 aromatic rings. The van der Waals surface area contributed by atoms with Crippen LogP contribution >= 0.6 is 11.6 Å². The van der Waals surface area contributed by atoms with E-state index in [0.29, 0.717) is 0 Å². The Morgan fingerprint density at radius 2 is 1.67 bits per heavy atom. The minimum absolute atomic E-state index is 0.114. The van der Waals surface area contributed by atoms with Crippen molar-refractivity contribution in [3.05, 3.63) is 34.9 Å². The number of hydrogen-bond acceptors (Lipinski definition) is 2. The molecule has 2 rings (SSSR count). The minimum atomic E-state index is -0.240. The second kappa shape index (κ2) is 4.12. The predicted octanol–water partition coefficient (Wildman–Crippen LogP) is 3.41. The molecule has 1 aromatic carbocycles. The topological polar surface area (TPSA) is 18.5 Å². The summed E-state index contributed by atoms with van der Waals surface area (Å²) in [5.41, 5.74) is 1.14. The quantitative estimate of drug-likeness (QED) is 0.731. The van der Waals surface area contributed by atoms with E-state index in [1.165, 1.54) is 0 Å². The van der Waals surface area contributed by atoms with Crippen molar-refractivity contribution in [2.75, 3.05) is 13.2 Å². The van der Waals surface area contributed by atoms with Gasteiger partial charge in [-0.15, -0.1) is 0 Å². The van der Waals surface area contributed by atoms with Crippen LogP contribution in [0.25, 0.3) is 0 Å². The van der Waals surface area contributed by atoms with Crippen molar-refractivity contribution in [2.24, 2.45) is 5.41 Å². The fraction of sp³-hybridized carbons (Fsp3) is 0.500. The van der Waals surface area contributed by atoms with Crippen molar-refractivity contribution in [3.63, 3.8) is 0 Å². The summed E-state index contributed by atoms with van der Waals surface area (Å²) in [5.74, 6) is 0. The summed E-state index contributed by atoms with van der Waals surface area (Å²) in [7, 11) is 0. The van der Waals surface area contributed by atoms with Crippen molar-refractivity contribution < 1.29 is 9.47 Å². The van der Waals surface area contributed by atoms with Crippen molar-refractivity contribution in [2.45, 2.75) is 20.1 Å². The molecule has 3 heteroatoms. The van der Waals surface area contributed by atoms with Crippen LogP contribution in [-0.4, -0.2) is 13.2 Å². The molecule has 0 aliphatic carbocycles. The molecule has 15 heavy (non-hydrogen) atoms. The van der Waals surface area contributed by atoms with Gasteiger partial charge in [0.1, 0.15) is 0 Å². The van der Waals surface area contributed by atoms with E-state index in [1.54, 1.807) is 0 Å². The Balaban J connectivity index is 2.04. The molecule has 0 saturated carbocycles. The third kappa shape index (κ3) is 2.71. The van der Waals surface area contributed by atoms with E-state index >= 15 is 0 Å². The second-order valence-electron chi connectivity index (χ2n) is 4.67.